The van der Waals surface area contributed by atoms with Crippen molar-refractivity contribution in [3.05, 3.63) is 0 Å². The number of hydrogen-bond donors (Lipinski definition) is 0. The third kappa shape index (κ3) is 3.49. The molecular formula is C12H23NO2. The van der Waals surface area contributed by atoms with Crippen LogP contribution in [0.3, 0.4) is 0 Å². The van der Waals surface area contributed by atoms with E-state index in [1.807, 2.05) is 11.8 Å². The van der Waals surface area contributed by atoms with Gasteiger partial charge in [-0.25, -0.2) is 0 Å². The smallest absolute Gasteiger partial charge is 0.248 e. The van der Waals surface area contributed by atoms with Gasteiger partial charge < -0.3 is 9.64 Å². The van der Waals surface area contributed by atoms with Gasteiger partial charge in [-0.3, -0.25) is 4.79 Å². The first kappa shape index (κ1) is 12.5. The minimum atomic E-state index is 0.148. The Bertz CT molecular complexity index is 208. The molecule has 1 heterocycles. The molecule has 1 rings (SSSR count). The Balaban J connectivity index is 2.33. The predicted molar refractivity (Wildman–Crippen MR) is 60.7 cm³/mol. The van der Waals surface area contributed by atoms with E-state index in [0.717, 1.165) is 25.9 Å². The van der Waals surface area contributed by atoms with Crippen molar-refractivity contribution >= 4 is 5.91 Å². The maximum atomic E-state index is 11.7. The molecule has 0 N–H and O–H groups in total. The molecule has 3 heteroatoms. The summed E-state index contributed by atoms with van der Waals surface area (Å²) in [7, 11) is 0. The Morgan fingerprint density at radius 1 is 1.33 bits per heavy atom. The Labute approximate surface area is 92.8 Å². The van der Waals surface area contributed by atoms with Crippen molar-refractivity contribution in [3.63, 3.8) is 0 Å². The first-order valence-corrected chi connectivity index (χ1v) is 5.97. The van der Waals surface area contributed by atoms with E-state index in [1.165, 1.54) is 6.42 Å². The normalized spacial score (nSPS) is 20.3. The van der Waals surface area contributed by atoms with E-state index in [2.05, 4.69) is 13.8 Å². The summed E-state index contributed by atoms with van der Waals surface area (Å²) < 4.78 is 5.14. The van der Waals surface area contributed by atoms with Crippen LogP contribution in [0.2, 0.25) is 0 Å². The molecule has 0 radical (unpaired) electrons. The van der Waals surface area contributed by atoms with Gasteiger partial charge in [-0.1, -0.05) is 20.3 Å². The fourth-order valence-corrected chi connectivity index (χ4v) is 1.93. The van der Waals surface area contributed by atoms with Gasteiger partial charge in [0.25, 0.3) is 0 Å². The minimum Gasteiger partial charge on any atom is -0.372 e. The fraction of sp³-hybridized carbons (Fsp3) is 0.917. The highest BCUT2D eigenvalue weighted by molar-refractivity contribution is 5.77. The van der Waals surface area contributed by atoms with Crippen molar-refractivity contribution < 1.29 is 9.53 Å². The highest BCUT2D eigenvalue weighted by atomic mass is 16.5. The molecule has 1 aliphatic heterocycles. The standard InChI is InChI=1S/C12H23NO2/c1-4-12(3)6-8-13(9-7-12)11(14)10-15-5-2/h4-10H2,1-3H3. The number of ether oxygens (including phenoxy) is 1. The zero-order valence-corrected chi connectivity index (χ0v) is 10.2. The topological polar surface area (TPSA) is 29.5 Å². The zero-order chi connectivity index (χ0) is 11.3. The summed E-state index contributed by atoms with van der Waals surface area (Å²) in [4.78, 5) is 13.6. The van der Waals surface area contributed by atoms with Crippen molar-refractivity contribution in [3.8, 4) is 0 Å². The SMILES string of the molecule is CCOCC(=O)N1CCC(C)(CC)CC1. The Morgan fingerprint density at radius 2 is 1.93 bits per heavy atom. The second-order valence-corrected chi connectivity index (χ2v) is 4.68. The first-order valence-electron chi connectivity index (χ1n) is 5.97. The summed E-state index contributed by atoms with van der Waals surface area (Å²) in [6.45, 7) is 9.13. The quantitative estimate of drug-likeness (QED) is 0.715. The summed E-state index contributed by atoms with van der Waals surface area (Å²) in [5.74, 6) is 0.148. The average Bonchev–Trinajstić information content (AvgIpc) is 2.27. The van der Waals surface area contributed by atoms with Crippen LogP contribution < -0.4 is 0 Å². The third-order valence-corrected chi connectivity index (χ3v) is 3.61. The molecule has 0 saturated carbocycles. The van der Waals surface area contributed by atoms with Crippen LogP contribution >= 0.6 is 0 Å². The molecule has 15 heavy (non-hydrogen) atoms. The van der Waals surface area contributed by atoms with Gasteiger partial charge in [-0.2, -0.15) is 0 Å². The molecular weight excluding hydrogens is 190 g/mol. The summed E-state index contributed by atoms with van der Waals surface area (Å²) in [5.41, 5.74) is 0.447. The maximum absolute atomic E-state index is 11.7. The third-order valence-electron chi connectivity index (χ3n) is 3.61. The van der Waals surface area contributed by atoms with E-state index in [-0.39, 0.29) is 12.5 Å². The Morgan fingerprint density at radius 3 is 2.40 bits per heavy atom. The van der Waals surface area contributed by atoms with Gasteiger partial charge in [0.2, 0.25) is 5.91 Å². The lowest BCUT2D eigenvalue weighted by molar-refractivity contribution is -0.138. The number of nitrogens with zero attached hydrogens (tertiary/aromatic N) is 1. The minimum absolute atomic E-state index is 0.148. The van der Waals surface area contributed by atoms with Crippen LogP contribution in [-0.2, 0) is 9.53 Å². The van der Waals surface area contributed by atoms with E-state index in [9.17, 15) is 4.79 Å². The van der Waals surface area contributed by atoms with Crippen LogP contribution in [0.15, 0.2) is 0 Å². The second-order valence-electron chi connectivity index (χ2n) is 4.68. The molecule has 0 bridgehead atoms. The second kappa shape index (κ2) is 5.50. The number of hydrogen-bond acceptors (Lipinski definition) is 2. The molecule has 0 aromatic rings. The Kier molecular flexibility index (Phi) is 4.58. The number of carbonyl (C=O) groups is 1. The molecule has 1 saturated heterocycles. The van der Waals surface area contributed by atoms with Crippen LogP contribution in [0.25, 0.3) is 0 Å². The van der Waals surface area contributed by atoms with Crippen LogP contribution in [0, 0.1) is 5.41 Å². The number of carbonyl (C=O) groups excluding carboxylic acids is 1. The first-order chi connectivity index (χ1) is 7.11. The number of likely N-dealkylation sites (tertiary alicyclic amines) is 1. The number of amides is 1. The average molecular weight is 213 g/mol. The molecule has 0 atom stereocenters. The molecule has 1 amide bonds. The number of rotatable bonds is 4. The molecule has 0 aromatic heterocycles. The van der Waals surface area contributed by atoms with Crippen molar-refractivity contribution in [1.29, 1.82) is 0 Å². The molecule has 0 unspecified atom stereocenters. The van der Waals surface area contributed by atoms with E-state index >= 15 is 0 Å². The molecule has 0 aromatic carbocycles. The van der Waals surface area contributed by atoms with Gasteiger partial charge in [-0.15, -0.1) is 0 Å². The van der Waals surface area contributed by atoms with Crippen LogP contribution in [0.4, 0.5) is 0 Å². The largest absolute Gasteiger partial charge is 0.372 e. The van der Waals surface area contributed by atoms with E-state index in [1.54, 1.807) is 0 Å². The van der Waals surface area contributed by atoms with Crippen LogP contribution in [0.5, 0.6) is 0 Å². The highest BCUT2D eigenvalue weighted by Gasteiger charge is 2.29. The predicted octanol–water partition coefficient (Wildman–Crippen LogP) is 2.06. The van der Waals surface area contributed by atoms with E-state index in [0.29, 0.717) is 12.0 Å². The van der Waals surface area contributed by atoms with Gasteiger partial charge in [-0.05, 0) is 25.2 Å². The molecule has 88 valence electrons. The lowest BCUT2D eigenvalue weighted by Crippen LogP contribution is -2.43. The molecule has 3 nitrogen and oxygen atoms in total. The van der Waals surface area contributed by atoms with Gasteiger partial charge in [0.05, 0.1) is 0 Å². The molecule has 1 fully saturated rings. The fourth-order valence-electron chi connectivity index (χ4n) is 1.93. The molecule has 0 aliphatic carbocycles. The van der Waals surface area contributed by atoms with Crippen molar-refractivity contribution in [2.45, 2.75) is 40.0 Å². The summed E-state index contributed by atoms with van der Waals surface area (Å²) in [6.07, 6.45) is 3.46. The van der Waals surface area contributed by atoms with Gasteiger partial charge >= 0.3 is 0 Å². The lowest BCUT2D eigenvalue weighted by Gasteiger charge is -2.38. The van der Waals surface area contributed by atoms with E-state index in [4.69, 9.17) is 4.74 Å². The summed E-state index contributed by atoms with van der Waals surface area (Å²) in [6, 6.07) is 0. The maximum Gasteiger partial charge on any atom is 0.248 e. The summed E-state index contributed by atoms with van der Waals surface area (Å²) >= 11 is 0. The molecule has 0 spiro atoms. The Hall–Kier alpha value is -0.570. The molecule has 1 aliphatic rings. The highest BCUT2D eigenvalue weighted by Crippen LogP contribution is 2.33. The van der Waals surface area contributed by atoms with Crippen molar-refractivity contribution in [2.24, 2.45) is 5.41 Å². The van der Waals surface area contributed by atoms with E-state index < -0.39 is 0 Å². The van der Waals surface area contributed by atoms with Gasteiger partial charge in [0.1, 0.15) is 6.61 Å². The summed E-state index contributed by atoms with van der Waals surface area (Å²) in [5, 5.41) is 0. The van der Waals surface area contributed by atoms with Crippen molar-refractivity contribution in [2.75, 3.05) is 26.3 Å². The van der Waals surface area contributed by atoms with Gasteiger partial charge in [0.15, 0.2) is 0 Å². The zero-order valence-electron chi connectivity index (χ0n) is 10.2. The van der Waals surface area contributed by atoms with Gasteiger partial charge in [0, 0.05) is 19.7 Å². The number of piperidine rings is 1. The van der Waals surface area contributed by atoms with Crippen LogP contribution in [0.1, 0.15) is 40.0 Å². The lowest BCUT2D eigenvalue weighted by atomic mass is 9.78. The van der Waals surface area contributed by atoms with Crippen molar-refractivity contribution in [1.82, 2.24) is 4.90 Å². The van der Waals surface area contributed by atoms with Crippen LogP contribution in [-0.4, -0.2) is 37.1 Å². The monoisotopic (exact) mass is 213 g/mol.